The molecule has 3 nitrogen and oxygen atoms in total. The summed E-state index contributed by atoms with van der Waals surface area (Å²) in [5.74, 6) is 1.59. The Morgan fingerprint density at radius 2 is 2.33 bits per heavy atom. The Hall–Kier alpha value is -1.48. The van der Waals surface area contributed by atoms with E-state index in [2.05, 4.69) is 17.1 Å². The second-order valence-electron chi connectivity index (χ2n) is 5.07. The van der Waals surface area contributed by atoms with Crippen LogP contribution in [0.5, 0.6) is 5.75 Å². The first kappa shape index (κ1) is 11.6. The van der Waals surface area contributed by atoms with Crippen LogP contribution in [-0.4, -0.2) is 18.1 Å². The van der Waals surface area contributed by atoms with Crippen molar-refractivity contribution < 1.29 is 4.74 Å². The molecule has 3 heteroatoms. The number of rotatable bonds is 3. The summed E-state index contributed by atoms with van der Waals surface area (Å²) in [4.78, 5) is 3.53. The van der Waals surface area contributed by atoms with Gasteiger partial charge in [0.05, 0.1) is 6.61 Å². The third-order valence-electron chi connectivity index (χ3n) is 3.91. The number of aromatic amines is 1. The fourth-order valence-electron chi connectivity index (χ4n) is 2.93. The molecule has 0 spiro atoms. The smallest absolute Gasteiger partial charge is 0.120 e. The molecule has 3 N–H and O–H groups in total. The Morgan fingerprint density at radius 1 is 1.44 bits per heavy atom. The lowest BCUT2D eigenvalue weighted by Crippen LogP contribution is -2.21. The van der Waals surface area contributed by atoms with Crippen LogP contribution in [0.25, 0.3) is 10.9 Å². The summed E-state index contributed by atoms with van der Waals surface area (Å²) in [5, 5.41) is 1.31. The summed E-state index contributed by atoms with van der Waals surface area (Å²) < 4.78 is 5.59. The number of ether oxygens (including phenoxy) is 1. The van der Waals surface area contributed by atoms with Crippen molar-refractivity contribution in [1.29, 1.82) is 0 Å². The molecular formula is C15H20N2O. The van der Waals surface area contributed by atoms with E-state index in [-0.39, 0.29) is 0 Å². The van der Waals surface area contributed by atoms with Gasteiger partial charge in [0.2, 0.25) is 0 Å². The average molecular weight is 244 g/mol. The van der Waals surface area contributed by atoms with Gasteiger partial charge in [-0.05, 0) is 62.4 Å². The van der Waals surface area contributed by atoms with Crippen LogP contribution in [0.2, 0.25) is 0 Å². The Labute approximate surface area is 107 Å². The number of aromatic nitrogens is 1. The van der Waals surface area contributed by atoms with Crippen LogP contribution in [0.1, 0.15) is 24.6 Å². The molecule has 3 rings (SSSR count). The lowest BCUT2D eigenvalue weighted by Gasteiger charge is -2.20. The second kappa shape index (κ2) is 4.65. The van der Waals surface area contributed by atoms with E-state index < -0.39 is 0 Å². The number of hydrogen-bond acceptors (Lipinski definition) is 2. The minimum atomic E-state index is 0.632. The Kier molecular flexibility index (Phi) is 3.00. The quantitative estimate of drug-likeness (QED) is 0.872. The molecule has 0 bridgehead atoms. The molecule has 0 amide bonds. The largest absolute Gasteiger partial charge is 0.494 e. The van der Waals surface area contributed by atoms with Crippen molar-refractivity contribution in [2.45, 2.75) is 26.2 Å². The SMILES string of the molecule is CCOc1ccc2[nH]c3c(c2c1)CC(CN)CC3. The standard InChI is InChI=1S/C15H20N2O/c1-2-18-11-4-6-15-13(8-11)12-7-10(9-16)3-5-14(12)17-15/h4,6,8,10,17H,2-3,5,7,9,16H2,1H3. The maximum Gasteiger partial charge on any atom is 0.120 e. The molecule has 96 valence electrons. The van der Waals surface area contributed by atoms with E-state index in [0.29, 0.717) is 12.5 Å². The topological polar surface area (TPSA) is 51.0 Å². The summed E-state index contributed by atoms with van der Waals surface area (Å²) in [7, 11) is 0. The molecule has 1 aromatic heterocycles. The summed E-state index contributed by atoms with van der Waals surface area (Å²) in [6, 6.07) is 6.32. The zero-order chi connectivity index (χ0) is 12.5. The third-order valence-corrected chi connectivity index (χ3v) is 3.91. The second-order valence-corrected chi connectivity index (χ2v) is 5.07. The monoisotopic (exact) mass is 244 g/mol. The first-order valence-electron chi connectivity index (χ1n) is 6.78. The van der Waals surface area contributed by atoms with Gasteiger partial charge in [0.1, 0.15) is 5.75 Å². The van der Waals surface area contributed by atoms with E-state index in [0.717, 1.165) is 25.1 Å². The Balaban J connectivity index is 2.05. The number of nitrogens with one attached hydrogen (secondary N) is 1. The highest BCUT2D eigenvalue weighted by molar-refractivity contribution is 5.86. The number of fused-ring (bicyclic) bond motifs is 3. The summed E-state index contributed by atoms with van der Waals surface area (Å²) >= 11 is 0. The maximum absolute atomic E-state index is 5.82. The lowest BCUT2D eigenvalue weighted by molar-refractivity contribution is 0.340. The fourth-order valence-corrected chi connectivity index (χ4v) is 2.93. The predicted molar refractivity (Wildman–Crippen MR) is 74.0 cm³/mol. The minimum absolute atomic E-state index is 0.632. The van der Waals surface area contributed by atoms with Gasteiger partial charge in [0, 0.05) is 16.6 Å². The summed E-state index contributed by atoms with van der Waals surface area (Å²) in [6.45, 7) is 3.52. The van der Waals surface area contributed by atoms with Gasteiger partial charge in [0.15, 0.2) is 0 Å². The molecule has 0 saturated carbocycles. The first-order chi connectivity index (χ1) is 8.81. The molecule has 0 saturated heterocycles. The van der Waals surface area contributed by atoms with Crippen LogP contribution in [0.4, 0.5) is 0 Å². The molecule has 1 heterocycles. The van der Waals surface area contributed by atoms with Crippen LogP contribution in [0.15, 0.2) is 18.2 Å². The van der Waals surface area contributed by atoms with E-state index >= 15 is 0 Å². The van der Waals surface area contributed by atoms with Crippen LogP contribution >= 0.6 is 0 Å². The fraction of sp³-hybridized carbons (Fsp3) is 0.467. The molecule has 0 aliphatic heterocycles. The van der Waals surface area contributed by atoms with Crippen molar-refractivity contribution >= 4 is 10.9 Å². The normalized spacial score (nSPS) is 18.9. The number of aryl methyl sites for hydroxylation is 1. The van der Waals surface area contributed by atoms with Crippen LogP contribution in [0.3, 0.4) is 0 Å². The first-order valence-corrected chi connectivity index (χ1v) is 6.78. The van der Waals surface area contributed by atoms with Crippen molar-refractivity contribution in [2.75, 3.05) is 13.2 Å². The number of benzene rings is 1. The van der Waals surface area contributed by atoms with E-state index in [1.165, 1.54) is 28.6 Å². The Bertz CT molecular complexity index is 559. The predicted octanol–water partition coefficient (Wildman–Crippen LogP) is 2.63. The lowest BCUT2D eigenvalue weighted by atomic mass is 9.86. The number of nitrogens with two attached hydrogens (primary N) is 1. The van der Waals surface area contributed by atoms with Gasteiger partial charge in [-0.2, -0.15) is 0 Å². The molecule has 1 aliphatic rings. The van der Waals surface area contributed by atoms with Gasteiger partial charge < -0.3 is 15.5 Å². The highest BCUT2D eigenvalue weighted by Crippen LogP contribution is 2.33. The highest BCUT2D eigenvalue weighted by Gasteiger charge is 2.21. The molecule has 0 radical (unpaired) electrons. The average Bonchev–Trinajstić information content (AvgIpc) is 2.76. The minimum Gasteiger partial charge on any atom is -0.494 e. The molecule has 1 unspecified atom stereocenters. The molecule has 18 heavy (non-hydrogen) atoms. The maximum atomic E-state index is 5.82. The van der Waals surface area contributed by atoms with Gasteiger partial charge >= 0.3 is 0 Å². The van der Waals surface area contributed by atoms with Crippen molar-refractivity contribution in [3.05, 3.63) is 29.5 Å². The van der Waals surface area contributed by atoms with Gasteiger partial charge in [-0.25, -0.2) is 0 Å². The van der Waals surface area contributed by atoms with Gasteiger partial charge in [-0.3, -0.25) is 0 Å². The van der Waals surface area contributed by atoms with Gasteiger partial charge in [0.25, 0.3) is 0 Å². The van der Waals surface area contributed by atoms with Crippen molar-refractivity contribution in [3.8, 4) is 5.75 Å². The molecule has 0 fully saturated rings. The highest BCUT2D eigenvalue weighted by atomic mass is 16.5. The zero-order valence-electron chi connectivity index (χ0n) is 10.8. The van der Waals surface area contributed by atoms with Crippen LogP contribution in [0, 0.1) is 5.92 Å². The summed E-state index contributed by atoms with van der Waals surface area (Å²) in [6.07, 6.45) is 3.42. The van der Waals surface area contributed by atoms with E-state index in [1.807, 2.05) is 13.0 Å². The number of hydrogen-bond donors (Lipinski definition) is 2. The van der Waals surface area contributed by atoms with Crippen LogP contribution < -0.4 is 10.5 Å². The Morgan fingerprint density at radius 3 is 3.11 bits per heavy atom. The van der Waals surface area contributed by atoms with Crippen molar-refractivity contribution in [2.24, 2.45) is 11.7 Å². The van der Waals surface area contributed by atoms with Crippen LogP contribution in [-0.2, 0) is 12.8 Å². The number of H-pyrrole nitrogens is 1. The summed E-state index contributed by atoms with van der Waals surface area (Å²) in [5.41, 5.74) is 9.88. The van der Waals surface area contributed by atoms with Crippen molar-refractivity contribution in [3.63, 3.8) is 0 Å². The van der Waals surface area contributed by atoms with E-state index in [1.54, 1.807) is 0 Å². The van der Waals surface area contributed by atoms with Crippen molar-refractivity contribution in [1.82, 2.24) is 4.98 Å². The molecule has 2 aromatic rings. The molecule has 1 atom stereocenters. The van der Waals surface area contributed by atoms with E-state index in [4.69, 9.17) is 10.5 Å². The van der Waals surface area contributed by atoms with E-state index in [9.17, 15) is 0 Å². The molecular weight excluding hydrogens is 224 g/mol. The van der Waals surface area contributed by atoms with Gasteiger partial charge in [-0.1, -0.05) is 0 Å². The zero-order valence-corrected chi connectivity index (χ0v) is 10.8. The third kappa shape index (κ3) is 1.89. The molecule has 1 aromatic carbocycles. The molecule has 1 aliphatic carbocycles. The van der Waals surface area contributed by atoms with Gasteiger partial charge in [-0.15, -0.1) is 0 Å².